The number of hydrogen-bond donors (Lipinski definition) is 1. The van der Waals surface area contributed by atoms with Gasteiger partial charge in [0.05, 0.1) is 0 Å². The van der Waals surface area contributed by atoms with Crippen molar-refractivity contribution in [3.63, 3.8) is 0 Å². The fourth-order valence-corrected chi connectivity index (χ4v) is 4.13. The molecule has 0 aliphatic carbocycles. The lowest BCUT2D eigenvalue weighted by molar-refractivity contribution is 0.0547. The van der Waals surface area contributed by atoms with Gasteiger partial charge in [0.25, 0.3) is 0 Å². The van der Waals surface area contributed by atoms with E-state index >= 15 is 0 Å². The van der Waals surface area contributed by atoms with Crippen molar-refractivity contribution in [2.45, 2.75) is 31.8 Å². The number of aromatic nitrogens is 2. The van der Waals surface area contributed by atoms with Crippen molar-refractivity contribution in [3.05, 3.63) is 59.7 Å². The molecule has 6 heteroatoms. The molecule has 1 fully saturated rings. The van der Waals surface area contributed by atoms with Crippen LogP contribution in [-0.4, -0.2) is 64.0 Å². The zero-order valence-corrected chi connectivity index (χ0v) is 16.2. The van der Waals surface area contributed by atoms with Gasteiger partial charge in [0, 0.05) is 38.8 Å². The Balaban J connectivity index is 1.31. The normalized spacial score (nSPS) is 18.7. The molecule has 0 amide bonds. The number of hydrogen-bond acceptors (Lipinski definition) is 6. The van der Waals surface area contributed by atoms with Crippen LogP contribution in [0.3, 0.4) is 0 Å². The van der Waals surface area contributed by atoms with E-state index in [0.717, 1.165) is 63.0 Å². The van der Waals surface area contributed by atoms with E-state index in [1.54, 1.807) is 0 Å². The number of rotatable bonds is 8. The fraction of sp³-hybridized carbons (Fsp3) is 0.455. The Kier molecular flexibility index (Phi) is 6.31. The van der Waals surface area contributed by atoms with Gasteiger partial charge in [-0.15, -0.1) is 0 Å². The van der Waals surface area contributed by atoms with Crippen LogP contribution < -0.4 is 0 Å². The van der Waals surface area contributed by atoms with Crippen LogP contribution in [0.5, 0.6) is 0 Å². The molecule has 0 saturated carbocycles. The van der Waals surface area contributed by atoms with Crippen molar-refractivity contribution >= 4 is 11.0 Å². The van der Waals surface area contributed by atoms with E-state index in [9.17, 15) is 5.11 Å². The van der Waals surface area contributed by atoms with E-state index in [-0.39, 0.29) is 6.61 Å². The second-order valence-electron chi connectivity index (χ2n) is 7.61. The molecule has 1 N–H and O–H groups in total. The van der Waals surface area contributed by atoms with Crippen LogP contribution in [-0.2, 0) is 13.0 Å². The summed E-state index contributed by atoms with van der Waals surface area (Å²) in [4.78, 5) is 5.03. The van der Waals surface area contributed by atoms with Crippen LogP contribution in [0.25, 0.3) is 11.0 Å². The molecule has 4 rings (SSSR count). The number of aliphatic hydroxyl groups is 1. The Labute approximate surface area is 165 Å². The largest absolute Gasteiger partial charge is 0.396 e. The topological polar surface area (TPSA) is 65.6 Å². The van der Waals surface area contributed by atoms with Crippen molar-refractivity contribution in [1.82, 2.24) is 20.1 Å². The molecule has 1 atom stereocenters. The van der Waals surface area contributed by atoms with Gasteiger partial charge in [-0.25, -0.2) is 4.63 Å². The molecule has 3 aromatic rings. The lowest BCUT2D eigenvalue weighted by Crippen LogP contribution is -2.53. The summed E-state index contributed by atoms with van der Waals surface area (Å²) < 4.78 is 4.79. The average Bonchev–Trinajstić information content (AvgIpc) is 3.18. The van der Waals surface area contributed by atoms with E-state index in [0.29, 0.717) is 6.04 Å². The van der Waals surface area contributed by atoms with Crippen LogP contribution in [0.2, 0.25) is 0 Å². The van der Waals surface area contributed by atoms with E-state index in [1.165, 1.54) is 11.1 Å². The van der Waals surface area contributed by atoms with E-state index in [2.05, 4.69) is 62.6 Å². The smallest absolute Gasteiger partial charge is 0.135 e. The molecule has 1 unspecified atom stereocenters. The molecule has 1 aliphatic heterocycles. The van der Waals surface area contributed by atoms with Crippen molar-refractivity contribution in [1.29, 1.82) is 0 Å². The first kappa shape index (κ1) is 19.1. The standard InChI is InChI=1S/C22H28N4O2/c27-14-10-20-17-25(16-19-8-9-21-22(15-19)24-28-23-21)12-13-26(20)11-4-7-18-5-2-1-3-6-18/h1-3,5-6,8-9,15,20,27H,4,7,10-14,16-17H2. The molecule has 0 spiro atoms. The third-order valence-corrected chi connectivity index (χ3v) is 5.63. The van der Waals surface area contributed by atoms with Crippen molar-refractivity contribution in [3.8, 4) is 0 Å². The Morgan fingerprint density at radius 2 is 1.86 bits per heavy atom. The van der Waals surface area contributed by atoms with Crippen LogP contribution in [0.4, 0.5) is 0 Å². The quantitative estimate of drug-likeness (QED) is 0.648. The number of nitrogens with zero attached hydrogens (tertiary/aromatic N) is 4. The summed E-state index contributed by atoms with van der Waals surface area (Å²) in [6, 6.07) is 17.2. The van der Waals surface area contributed by atoms with E-state index in [1.807, 2.05) is 6.07 Å². The van der Waals surface area contributed by atoms with E-state index in [4.69, 9.17) is 4.63 Å². The maximum Gasteiger partial charge on any atom is 0.135 e. The monoisotopic (exact) mass is 380 g/mol. The fourth-order valence-electron chi connectivity index (χ4n) is 4.13. The van der Waals surface area contributed by atoms with E-state index < -0.39 is 0 Å². The van der Waals surface area contributed by atoms with Gasteiger partial charge in [-0.1, -0.05) is 36.4 Å². The van der Waals surface area contributed by atoms with Gasteiger partial charge in [0.2, 0.25) is 0 Å². The van der Waals surface area contributed by atoms with Gasteiger partial charge in [0.15, 0.2) is 0 Å². The first-order valence-electron chi connectivity index (χ1n) is 10.1. The highest BCUT2D eigenvalue weighted by atomic mass is 16.6. The Morgan fingerprint density at radius 3 is 2.71 bits per heavy atom. The highest BCUT2D eigenvalue weighted by Gasteiger charge is 2.26. The van der Waals surface area contributed by atoms with Gasteiger partial charge in [-0.2, -0.15) is 0 Å². The average molecular weight is 380 g/mol. The second kappa shape index (κ2) is 9.28. The number of benzene rings is 2. The number of piperazine rings is 1. The van der Waals surface area contributed by atoms with Crippen molar-refractivity contribution in [2.24, 2.45) is 0 Å². The molecule has 28 heavy (non-hydrogen) atoms. The predicted molar refractivity (Wildman–Crippen MR) is 109 cm³/mol. The Bertz CT molecular complexity index is 867. The Hall–Kier alpha value is -2.28. The lowest BCUT2D eigenvalue weighted by Gasteiger charge is -2.41. The maximum atomic E-state index is 9.54. The van der Waals surface area contributed by atoms with Gasteiger partial charge >= 0.3 is 0 Å². The summed E-state index contributed by atoms with van der Waals surface area (Å²) in [5, 5.41) is 17.4. The summed E-state index contributed by atoms with van der Waals surface area (Å²) in [6.45, 7) is 5.30. The minimum absolute atomic E-state index is 0.240. The molecule has 1 saturated heterocycles. The predicted octanol–water partition coefficient (Wildman–Crippen LogP) is 2.72. The molecule has 1 aliphatic rings. The summed E-state index contributed by atoms with van der Waals surface area (Å²) in [7, 11) is 0. The van der Waals surface area contributed by atoms with Gasteiger partial charge < -0.3 is 5.11 Å². The third-order valence-electron chi connectivity index (χ3n) is 5.63. The zero-order valence-electron chi connectivity index (χ0n) is 16.2. The zero-order chi connectivity index (χ0) is 19.2. The van der Waals surface area contributed by atoms with Gasteiger partial charge in [-0.3, -0.25) is 9.80 Å². The van der Waals surface area contributed by atoms with Crippen molar-refractivity contribution in [2.75, 3.05) is 32.8 Å². The molecule has 0 radical (unpaired) electrons. The van der Waals surface area contributed by atoms with Crippen LogP contribution in [0.1, 0.15) is 24.0 Å². The first-order valence-corrected chi connectivity index (χ1v) is 10.1. The second-order valence-corrected chi connectivity index (χ2v) is 7.61. The molecule has 2 heterocycles. The number of aryl methyl sites for hydroxylation is 1. The summed E-state index contributed by atoms with van der Waals surface area (Å²) in [5.74, 6) is 0. The molecule has 0 bridgehead atoms. The molecule has 148 valence electrons. The lowest BCUT2D eigenvalue weighted by atomic mass is 10.1. The van der Waals surface area contributed by atoms with Gasteiger partial charge in [-0.05, 0) is 59.4 Å². The van der Waals surface area contributed by atoms with Crippen LogP contribution in [0, 0.1) is 0 Å². The molecular formula is C22H28N4O2. The third kappa shape index (κ3) is 4.76. The molecule has 2 aromatic carbocycles. The number of aliphatic hydroxyl groups excluding tert-OH is 1. The summed E-state index contributed by atoms with van der Waals surface area (Å²) >= 11 is 0. The SMILES string of the molecule is OCCC1CN(Cc2ccc3nonc3c2)CCN1CCCc1ccccc1. The van der Waals surface area contributed by atoms with Crippen LogP contribution >= 0.6 is 0 Å². The highest BCUT2D eigenvalue weighted by Crippen LogP contribution is 2.18. The molecular weight excluding hydrogens is 352 g/mol. The Morgan fingerprint density at radius 1 is 1.00 bits per heavy atom. The number of fused-ring (bicyclic) bond motifs is 1. The van der Waals surface area contributed by atoms with Crippen LogP contribution in [0.15, 0.2) is 53.2 Å². The maximum absolute atomic E-state index is 9.54. The minimum Gasteiger partial charge on any atom is -0.396 e. The molecule has 6 nitrogen and oxygen atoms in total. The van der Waals surface area contributed by atoms with Crippen molar-refractivity contribution < 1.29 is 9.74 Å². The minimum atomic E-state index is 0.240. The highest BCUT2D eigenvalue weighted by molar-refractivity contribution is 5.73. The summed E-state index contributed by atoms with van der Waals surface area (Å²) in [6.07, 6.45) is 3.09. The molecule has 1 aromatic heterocycles. The van der Waals surface area contributed by atoms with Gasteiger partial charge in [0.1, 0.15) is 11.0 Å². The summed E-state index contributed by atoms with van der Waals surface area (Å²) in [5.41, 5.74) is 4.23. The first-order chi connectivity index (χ1) is 13.8.